The maximum atomic E-state index is 12.2. The first kappa shape index (κ1) is 17.3. The maximum Gasteiger partial charge on any atom is 0.267 e. The molecule has 0 aliphatic rings. The smallest absolute Gasteiger partial charge is 0.267 e. The Morgan fingerprint density at radius 2 is 1.62 bits per heavy atom. The number of nitrogens with zero attached hydrogens (tertiary/aromatic N) is 1. The second-order valence-electron chi connectivity index (χ2n) is 5.91. The minimum absolute atomic E-state index is 0.0171. The highest BCUT2D eigenvalue weighted by molar-refractivity contribution is 6.06. The van der Waals surface area contributed by atoms with Gasteiger partial charge in [-0.3, -0.25) is 4.79 Å². The molecular weight excluding hydrogens is 298 g/mol. The van der Waals surface area contributed by atoms with Gasteiger partial charge in [-0.15, -0.1) is 0 Å². The molecule has 0 bridgehead atoms. The molecule has 0 saturated heterocycles. The van der Waals surface area contributed by atoms with E-state index in [-0.39, 0.29) is 5.57 Å². The number of anilines is 2. The lowest BCUT2D eigenvalue weighted by Gasteiger charge is -2.08. The van der Waals surface area contributed by atoms with Gasteiger partial charge in [0.15, 0.2) is 0 Å². The lowest BCUT2D eigenvalue weighted by Crippen LogP contribution is -2.14. The van der Waals surface area contributed by atoms with Crippen molar-refractivity contribution in [1.82, 2.24) is 0 Å². The van der Waals surface area contributed by atoms with Crippen LogP contribution in [-0.2, 0) is 4.79 Å². The monoisotopic (exact) mass is 319 g/mol. The fourth-order valence-electron chi connectivity index (χ4n) is 2.10. The van der Waals surface area contributed by atoms with Crippen molar-refractivity contribution in [3.8, 4) is 6.07 Å². The summed E-state index contributed by atoms with van der Waals surface area (Å²) in [5, 5.41) is 14.9. The first-order chi connectivity index (χ1) is 11.5. The van der Waals surface area contributed by atoms with Crippen LogP contribution in [0.4, 0.5) is 11.4 Å². The van der Waals surface area contributed by atoms with Crippen LogP contribution in [-0.4, -0.2) is 5.91 Å². The molecule has 122 valence electrons. The van der Waals surface area contributed by atoms with Gasteiger partial charge in [-0.2, -0.15) is 5.26 Å². The van der Waals surface area contributed by atoms with Crippen molar-refractivity contribution >= 4 is 17.3 Å². The Kier molecular flexibility index (Phi) is 5.75. The molecule has 4 nitrogen and oxygen atoms in total. The molecule has 0 atom stereocenters. The molecule has 0 aliphatic heterocycles. The van der Waals surface area contributed by atoms with Gasteiger partial charge in [-0.1, -0.05) is 43.7 Å². The fourth-order valence-corrected chi connectivity index (χ4v) is 2.10. The Morgan fingerprint density at radius 1 is 1.04 bits per heavy atom. The Balaban J connectivity index is 2.04. The van der Waals surface area contributed by atoms with E-state index in [9.17, 15) is 10.1 Å². The average Bonchev–Trinajstić information content (AvgIpc) is 2.57. The van der Waals surface area contributed by atoms with E-state index in [0.29, 0.717) is 11.6 Å². The van der Waals surface area contributed by atoms with Gasteiger partial charge in [0, 0.05) is 17.6 Å². The van der Waals surface area contributed by atoms with Gasteiger partial charge < -0.3 is 10.6 Å². The van der Waals surface area contributed by atoms with Crippen LogP contribution in [0.2, 0.25) is 0 Å². The number of rotatable bonds is 5. The van der Waals surface area contributed by atoms with Crippen LogP contribution >= 0.6 is 0 Å². The van der Waals surface area contributed by atoms with Crippen molar-refractivity contribution < 1.29 is 4.79 Å². The predicted octanol–water partition coefficient (Wildman–Crippen LogP) is 4.58. The lowest BCUT2D eigenvalue weighted by molar-refractivity contribution is -0.112. The van der Waals surface area contributed by atoms with E-state index in [0.717, 1.165) is 11.3 Å². The molecule has 2 N–H and O–H groups in total. The summed E-state index contributed by atoms with van der Waals surface area (Å²) in [6.45, 7) is 6.22. The summed E-state index contributed by atoms with van der Waals surface area (Å²) < 4.78 is 0. The van der Waals surface area contributed by atoms with Crippen molar-refractivity contribution in [2.75, 3.05) is 10.6 Å². The number of hydrogen-bond acceptors (Lipinski definition) is 3. The molecular formula is C20H21N3O. The fraction of sp³-hybridized carbons (Fsp3) is 0.200. The van der Waals surface area contributed by atoms with Gasteiger partial charge in [-0.05, 0) is 42.7 Å². The molecule has 0 radical (unpaired) electrons. The van der Waals surface area contributed by atoms with Crippen molar-refractivity contribution in [3.63, 3.8) is 0 Å². The summed E-state index contributed by atoms with van der Waals surface area (Å²) in [7, 11) is 0. The Bertz CT molecular complexity index is 766. The molecule has 0 saturated carbocycles. The van der Waals surface area contributed by atoms with E-state index < -0.39 is 5.91 Å². The minimum atomic E-state index is -0.436. The van der Waals surface area contributed by atoms with Crippen molar-refractivity contribution in [2.45, 2.75) is 26.7 Å². The number of benzene rings is 2. The standard InChI is InChI=1S/C20H21N3O/c1-14(2)16-6-10-19(11-7-16)23-20(24)17(12-21)13-22-18-8-4-15(3)5-9-18/h4-11,13-14,22H,1-3H3,(H,23,24)/b17-13-. The minimum Gasteiger partial charge on any atom is -0.360 e. The zero-order valence-electron chi connectivity index (χ0n) is 14.1. The summed E-state index contributed by atoms with van der Waals surface area (Å²) in [6, 6.07) is 17.2. The van der Waals surface area contributed by atoms with Gasteiger partial charge in [0.25, 0.3) is 5.91 Å². The third kappa shape index (κ3) is 4.72. The van der Waals surface area contributed by atoms with Crippen molar-refractivity contribution in [3.05, 3.63) is 71.4 Å². The average molecular weight is 319 g/mol. The number of nitrogens with one attached hydrogen (secondary N) is 2. The quantitative estimate of drug-likeness (QED) is 0.626. The van der Waals surface area contributed by atoms with E-state index in [4.69, 9.17) is 0 Å². The van der Waals surface area contributed by atoms with Crippen LogP contribution in [0.3, 0.4) is 0 Å². The Labute approximate surface area is 142 Å². The highest BCUT2D eigenvalue weighted by Gasteiger charge is 2.09. The molecule has 2 rings (SSSR count). The predicted molar refractivity (Wildman–Crippen MR) is 97.7 cm³/mol. The molecule has 24 heavy (non-hydrogen) atoms. The van der Waals surface area contributed by atoms with Crippen molar-refractivity contribution in [2.24, 2.45) is 0 Å². The van der Waals surface area contributed by atoms with Crippen LogP contribution < -0.4 is 10.6 Å². The van der Waals surface area contributed by atoms with Gasteiger partial charge >= 0.3 is 0 Å². The molecule has 4 heteroatoms. The van der Waals surface area contributed by atoms with Crippen LogP contribution in [0.5, 0.6) is 0 Å². The molecule has 0 fully saturated rings. The Morgan fingerprint density at radius 3 is 2.17 bits per heavy atom. The number of nitriles is 1. The third-order valence-electron chi connectivity index (χ3n) is 3.64. The van der Waals surface area contributed by atoms with Crippen LogP contribution in [0.15, 0.2) is 60.3 Å². The van der Waals surface area contributed by atoms with Crippen molar-refractivity contribution in [1.29, 1.82) is 5.26 Å². The van der Waals surface area contributed by atoms with E-state index in [1.54, 1.807) is 0 Å². The van der Waals surface area contributed by atoms with E-state index in [1.807, 2.05) is 61.5 Å². The highest BCUT2D eigenvalue weighted by Crippen LogP contribution is 2.17. The van der Waals surface area contributed by atoms with Crippen LogP contribution in [0.1, 0.15) is 30.9 Å². The first-order valence-electron chi connectivity index (χ1n) is 7.84. The maximum absolute atomic E-state index is 12.2. The molecule has 0 heterocycles. The molecule has 2 aromatic rings. The summed E-state index contributed by atoms with van der Waals surface area (Å²) in [5.41, 5.74) is 3.85. The van der Waals surface area contributed by atoms with E-state index in [2.05, 4.69) is 24.5 Å². The number of carbonyl (C=O) groups excluding carboxylic acids is 1. The zero-order chi connectivity index (χ0) is 17.5. The SMILES string of the molecule is Cc1ccc(N/C=C(/C#N)C(=O)Nc2ccc(C(C)C)cc2)cc1. The second kappa shape index (κ2) is 7.98. The summed E-state index contributed by atoms with van der Waals surface area (Å²) >= 11 is 0. The summed E-state index contributed by atoms with van der Waals surface area (Å²) in [4.78, 5) is 12.2. The van der Waals surface area contributed by atoms with Crippen LogP contribution in [0.25, 0.3) is 0 Å². The highest BCUT2D eigenvalue weighted by atomic mass is 16.1. The molecule has 2 aromatic carbocycles. The molecule has 0 spiro atoms. The topological polar surface area (TPSA) is 64.9 Å². The summed E-state index contributed by atoms with van der Waals surface area (Å²) in [6.07, 6.45) is 1.42. The zero-order valence-corrected chi connectivity index (χ0v) is 14.1. The normalized spacial score (nSPS) is 11.0. The van der Waals surface area contributed by atoms with E-state index in [1.165, 1.54) is 11.8 Å². The van der Waals surface area contributed by atoms with Crippen LogP contribution in [0, 0.1) is 18.3 Å². The van der Waals surface area contributed by atoms with Gasteiger partial charge in [-0.25, -0.2) is 0 Å². The van der Waals surface area contributed by atoms with Gasteiger partial charge in [0.05, 0.1) is 0 Å². The molecule has 0 aliphatic carbocycles. The third-order valence-corrected chi connectivity index (χ3v) is 3.64. The molecule has 0 aromatic heterocycles. The largest absolute Gasteiger partial charge is 0.360 e. The summed E-state index contributed by atoms with van der Waals surface area (Å²) in [5.74, 6) is -0.00238. The van der Waals surface area contributed by atoms with Gasteiger partial charge in [0.1, 0.15) is 11.6 Å². The number of amides is 1. The van der Waals surface area contributed by atoms with Gasteiger partial charge in [0.2, 0.25) is 0 Å². The lowest BCUT2D eigenvalue weighted by atomic mass is 10.0. The number of carbonyl (C=O) groups is 1. The number of aryl methyl sites for hydroxylation is 1. The molecule has 1 amide bonds. The Hall–Kier alpha value is -3.06. The van der Waals surface area contributed by atoms with E-state index >= 15 is 0 Å². The first-order valence-corrected chi connectivity index (χ1v) is 7.84. The molecule has 0 unspecified atom stereocenters. The number of hydrogen-bond donors (Lipinski definition) is 2. The second-order valence-corrected chi connectivity index (χ2v) is 5.91.